The van der Waals surface area contributed by atoms with Crippen LogP contribution in [0.25, 0.3) is 0 Å². The first-order valence-electron chi connectivity index (χ1n) is 8.02. The lowest BCUT2D eigenvalue weighted by molar-refractivity contribution is 0.184. The van der Waals surface area contributed by atoms with Crippen molar-refractivity contribution in [3.05, 3.63) is 36.0 Å². The van der Waals surface area contributed by atoms with E-state index in [9.17, 15) is 24.2 Å². The Hall–Kier alpha value is -2.37. The van der Waals surface area contributed by atoms with Crippen molar-refractivity contribution in [2.75, 3.05) is 18.4 Å². The van der Waals surface area contributed by atoms with Crippen LogP contribution in [-0.2, 0) is 0 Å². The molecule has 0 bridgehead atoms. The zero-order valence-electron chi connectivity index (χ0n) is 14.2. The molecule has 1 aliphatic rings. The normalized spacial score (nSPS) is 20.7. The Bertz CT molecular complexity index is 854. The predicted octanol–water partition coefficient (Wildman–Crippen LogP) is 5.45. The molecular weight excluding hydrogens is 395 g/mol. The van der Waals surface area contributed by atoms with Crippen LogP contribution in [0.3, 0.4) is 0 Å². The van der Waals surface area contributed by atoms with Gasteiger partial charge in [0.2, 0.25) is 5.89 Å². The van der Waals surface area contributed by atoms with Gasteiger partial charge in [0.1, 0.15) is 4.90 Å². The Morgan fingerprint density at radius 1 is 1.22 bits per heavy atom. The number of amides is 2. The molecule has 1 fully saturated rings. The van der Waals surface area contributed by atoms with Gasteiger partial charge in [-0.3, -0.25) is 0 Å². The first kappa shape index (κ1) is 19.4. The van der Waals surface area contributed by atoms with Gasteiger partial charge in [-0.05, 0) is 44.0 Å². The number of nitrogens with zero attached hydrogens (tertiary/aromatic N) is 3. The number of nitrogens with one attached hydrogen (secondary N) is 1. The van der Waals surface area contributed by atoms with Gasteiger partial charge in [0.15, 0.2) is 5.82 Å². The highest BCUT2D eigenvalue weighted by molar-refractivity contribution is 8.45. The maximum absolute atomic E-state index is 12.7. The topological polar surface area (TPSA) is 71.3 Å². The number of likely N-dealkylation sites (tertiary alicyclic amines) is 1. The minimum absolute atomic E-state index is 0.0126. The summed E-state index contributed by atoms with van der Waals surface area (Å²) in [6.45, 7) is 2.42. The number of carbonyl (C=O) groups excluding carboxylic acids is 1. The Morgan fingerprint density at radius 3 is 2.44 bits per heavy atom. The first-order valence-corrected chi connectivity index (χ1v) is 9.97. The zero-order chi connectivity index (χ0) is 19.9. The lowest BCUT2D eigenvalue weighted by atomic mass is 9.98. The van der Waals surface area contributed by atoms with Gasteiger partial charge in [0, 0.05) is 18.8 Å². The molecule has 1 aromatic carbocycles. The first-order chi connectivity index (χ1) is 12.3. The van der Waals surface area contributed by atoms with Gasteiger partial charge in [-0.15, -0.1) is 0 Å². The van der Waals surface area contributed by atoms with E-state index in [0.29, 0.717) is 31.2 Å². The van der Waals surface area contributed by atoms with Gasteiger partial charge in [-0.1, -0.05) is 24.6 Å². The van der Waals surface area contributed by atoms with Crippen molar-refractivity contribution in [2.45, 2.75) is 30.6 Å². The maximum Gasteiger partial charge on any atom is 0.321 e. The van der Waals surface area contributed by atoms with E-state index in [1.54, 1.807) is 6.92 Å². The van der Waals surface area contributed by atoms with E-state index in [2.05, 4.69) is 15.5 Å². The van der Waals surface area contributed by atoms with E-state index in [-0.39, 0.29) is 23.7 Å². The second-order valence-electron chi connectivity index (χ2n) is 6.39. The standard InChI is InChI=1S/C15H17F5N4O2S/c1-10-21-14(26-23-10)11-3-2-8-24(9-11)15(25)22-12-4-6-13(7-5-12)27(16,17,18,19)20/h4-7,11H,2-3,8-9H2,1H3,(H,22,25). The van der Waals surface area contributed by atoms with Gasteiger partial charge < -0.3 is 14.7 Å². The monoisotopic (exact) mass is 412 g/mol. The quantitative estimate of drug-likeness (QED) is 0.681. The third kappa shape index (κ3) is 4.67. The summed E-state index contributed by atoms with van der Waals surface area (Å²) in [6.07, 6.45) is 1.44. The molecule has 0 spiro atoms. The average Bonchev–Trinajstić information content (AvgIpc) is 3.00. The molecule has 27 heavy (non-hydrogen) atoms. The molecule has 1 aliphatic heterocycles. The zero-order valence-corrected chi connectivity index (χ0v) is 15.0. The largest absolute Gasteiger partial charge is 0.339 e. The van der Waals surface area contributed by atoms with Gasteiger partial charge in [-0.25, -0.2) is 4.79 Å². The van der Waals surface area contributed by atoms with Crippen LogP contribution in [0, 0.1) is 6.92 Å². The molecule has 1 N–H and O–H groups in total. The summed E-state index contributed by atoms with van der Waals surface area (Å²) in [7, 11) is -9.73. The SMILES string of the molecule is Cc1noc(C2CCCN(C(=O)Nc3ccc(S(F)(F)(F)(F)F)cc3)C2)n1. The molecule has 1 atom stereocenters. The van der Waals surface area contributed by atoms with Crippen LogP contribution < -0.4 is 5.32 Å². The molecule has 0 radical (unpaired) electrons. The number of hydrogen-bond acceptors (Lipinski definition) is 4. The van der Waals surface area contributed by atoms with Crippen LogP contribution in [0.4, 0.5) is 29.9 Å². The highest BCUT2D eigenvalue weighted by Crippen LogP contribution is 3.02. The summed E-state index contributed by atoms with van der Waals surface area (Å²) in [5, 5.41) is 6.13. The summed E-state index contributed by atoms with van der Waals surface area (Å²) in [6, 6.07) is 1.58. The van der Waals surface area contributed by atoms with E-state index < -0.39 is 21.2 Å². The third-order valence-electron chi connectivity index (χ3n) is 4.15. The Labute approximate surface area is 151 Å². The highest BCUT2D eigenvalue weighted by Gasteiger charge is 2.65. The predicted molar refractivity (Wildman–Crippen MR) is 89.4 cm³/mol. The lowest BCUT2D eigenvalue weighted by Gasteiger charge is -2.40. The molecule has 6 nitrogen and oxygen atoms in total. The highest BCUT2D eigenvalue weighted by atomic mass is 32.5. The number of carbonyl (C=O) groups is 1. The number of anilines is 1. The molecule has 1 saturated heterocycles. The third-order valence-corrected chi connectivity index (χ3v) is 5.32. The molecule has 3 rings (SSSR count). The Balaban J connectivity index is 1.67. The van der Waals surface area contributed by atoms with Crippen LogP contribution >= 0.6 is 10.2 Å². The number of aromatic nitrogens is 2. The molecule has 0 aliphatic carbocycles. The number of benzene rings is 1. The van der Waals surface area contributed by atoms with E-state index >= 15 is 0 Å². The van der Waals surface area contributed by atoms with Crippen molar-refractivity contribution >= 4 is 21.9 Å². The summed E-state index contributed by atoms with van der Waals surface area (Å²) in [4.78, 5) is 16.0. The number of rotatable bonds is 3. The minimum Gasteiger partial charge on any atom is -0.339 e. The fourth-order valence-corrected chi connectivity index (χ4v) is 3.49. The molecule has 1 aromatic heterocycles. The number of piperidine rings is 1. The van der Waals surface area contributed by atoms with E-state index in [1.165, 1.54) is 4.90 Å². The van der Waals surface area contributed by atoms with Crippen LogP contribution in [0.2, 0.25) is 0 Å². The second kappa shape index (κ2) is 5.81. The summed E-state index contributed by atoms with van der Waals surface area (Å²) in [5.74, 6) is 0.766. The fraction of sp³-hybridized carbons (Fsp3) is 0.400. The molecule has 0 saturated carbocycles. The number of urea groups is 1. The Kier molecular flexibility index (Phi) is 4.17. The van der Waals surface area contributed by atoms with Crippen LogP contribution in [-0.4, -0.2) is 34.2 Å². The van der Waals surface area contributed by atoms with Gasteiger partial charge in [0.25, 0.3) is 0 Å². The smallest absolute Gasteiger partial charge is 0.321 e. The molecule has 2 aromatic rings. The van der Waals surface area contributed by atoms with Crippen molar-refractivity contribution in [2.24, 2.45) is 0 Å². The minimum atomic E-state index is -9.73. The van der Waals surface area contributed by atoms with Crippen molar-refractivity contribution in [3.8, 4) is 0 Å². The number of aryl methyl sites for hydroxylation is 1. The van der Waals surface area contributed by atoms with Crippen molar-refractivity contribution in [1.82, 2.24) is 15.0 Å². The molecule has 2 amide bonds. The van der Waals surface area contributed by atoms with Crippen molar-refractivity contribution < 1.29 is 28.7 Å². The summed E-state index contributed by atoms with van der Waals surface area (Å²) < 4.78 is 68.7. The van der Waals surface area contributed by atoms with E-state index in [0.717, 1.165) is 18.6 Å². The van der Waals surface area contributed by atoms with Gasteiger partial charge >= 0.3 is 16.3 Å². The fourth-order valence-electron chi connectivity index (χ4n) is 2.84. The van der Waals surface area contributed by atoms with Crippen molar-refractivity contribution in [3.63, 3.8) is 0 Å². The Morgan fingerprint density at radius 2 is 1.89 bits per heavy atom. The summed E-state index contributed by atoms with van der Waals surface area (Å²) >= 11 is 0. The van der Waals surface area contributed by atoms with Gasteiger partial charge in [-0.2, -0.15) is 4.98 Å². The summed E-state index contributed by atoms with van der Waals surface area (Å²) in [5.41, 5.74) is -0.0126. The molecule has 150 valence electrons. The average molecular weight is 412 g/mol. The molecule has 12 heteroatoms. The van der Waals surface area contributed by atoms with Crippen LogP contribution in [0.5, 0.6) is 0 Å². The van der Waals surface area contributed by atoms with E-state index in [4.69, 9.17) is 4.52 Å². The number of hydrogen-bond donors (Lipinski definition) is 1. The number of halogens is 5. The van der Waals surface area contributed by atoms with E-state index in [1.807, 2.05) is 0 Å². The van der Waals surface area contributed by atoms with Crippen LogP contribution in [0.1, 0.15) is 30.5 Å². The van der Waals surface area contributed by atoms with Gasteiger partial charge in [0.05, 0.1) is 5.92 Å². The second-order valence-corrected chi connectivity index (χ2v) is 8.80. The molecule has 2 heterocycles. The van der Waals surface area contributed by atoms with Crippen molar-refractivity contribution in [1.29, 1.82) is 0 Å². The lowest BCUT2D eigenvalue weighted by Crippen LogP contribution is -2.41. The van der Waals surface area contributed by atoms with Crippen LogP contribution in [0.15, 0.2) is 33.7 Å². The molecule has 1 unspecified atom stereocenters. The molecular formula is C15H17F5N4O2S. The maximum atomic E-state index is 12.7.